The van der Waals surface area contributed by atoms with Gasteiger partial charge < -0.3 is 10.4 Å². The summed E-state index contributed by atoms with van der Waals surface area (Å²) in [5.41, 5.74) is 2.42. The van der Waals surface area contributed by atoms with Gasteiger partial charge in [-0.3, -0.25) is 0 Å². The summed E-state index contributed by atoms with van der Waals surface area (Å²) in [6.45, 7) is 0.729. The molecule has 1 saturated heterocycles. The quantitative estimate of drug-likeness (QED) is 0.899. The first kappa shape index (κ1) is 14.8. The first-order chi connectivity index (χ1) is 9.77. The molecule has 0 radical (unpaired) electrons. The minimum atomic E-state index is -0.489. The van der Waals surface area contributed by atoms with E-state index in [0.29, 0.717) is 6.04 Å². The average molecular weight is 310 g/mol. The summed E-state index contributed by atoms with van der Waals surface area (Å²) in [4.78, 5) is 0. The SMILES string of the molecule is OC1(CNC2CSCCc3ccccc32)CCSCC1. The van der Waals surface area contributed by atoms with Crippen LogP contribution in [0.3, 0.4) is 0 Å². The second-order valence-corrected chi connectivity index (χ2v) is 8.17. The highest BCUT2D eigenvalue weighted by Gasteiger charge is 2.30. The van der Waals surface area contributed by atoms with Crippen molar-refractivity contribution in [1.82, 2.24) is 5.32 Å². The predicted octanol–water partition coefficient (Wildman–Crippen LogP) is 2.86. The first-order valence-corrected chi connectivity index (χ1v) is 9.77. The number of aryl methyl sites for hydroxylation is 1. The summed E-state index contributed by atoms with van der Waals surface area (Å²) < 4.78 is 0. The highest BCUT2D eigenvalue weighted by molar-refractivity contribution is 7.99. The van der Waals surface area contributed by atoms with Gasteiger partial charge in [0.1, 0.15) is 0 Å². The highest BCUT2D eigenvalue weighted by Crippen LogP contribution is 2.30. The number of fused-ring (bicyclic) bond motifs is 1. The molecule has 3 rings (SSSR count). The Morgan fingerprint density at radius 3 is 2.80 bits per heavy atom. The van der Waals surface area contributed by atoms with E-state index in [2.05, 4.69) is 29.6 Å². The molecule has 4 heteroatoms. The number of thioether (sulfide) groups is 2. The molecule has 20 heavy (non-hydrogen) atoms. The van der Waals surface area contributed by atoms with Crippen LogP contribution in [0.5, 0.6) is 0 Å². The van der Waals surface area contributed by atoms with Crippen LogP contribution < -0.4 is 5.32 Å². The molecule has 0 bridgehead atoms. The average Bonchev–Trinajstić information content (AvgIpc) is 2.68. The fourth-order valence-corrected chi connectivity index (χ4v) is 5.30. The van der Waals surface area contributed by atoms with Crippen LogP contribution in [-0.2, 0) is 6.42 Å². The van der Waals surface area contributed by atoms with Gasteiger partial charge in [0, 0.05) is 18.3 Å². The third-order valence-electron chi connectivity index (χ3n) is 4.33. The maximum absolute atomic E-state index is 10.6. The Labute approximate surface area is 130 Å². The Morgan fingerprint density at radius 2 is 1.95 bits per heavy atom. The van der Waals surface area contributed by atoms with Crippen molar-refractivity contribution >= 4 is 23.5 Å². The van der Waals surface area contributed by atoms with Gasteiger partial charge in [-0.2, -0.15) is 23.5 Å². The predicted molar refractivity (Wildman–Crippen MR) is 89.7 cm³/mol. The lowest BCUT2D eigenvalue weighted by atomic mass is 9.95. The molecule has 1 aromatic carbocycles. The van der Waals surface area contributed by atoms with E-state index < -0.39 is 5.60 Å². The third kappa shape index (κ3) is 3.53. The minimum Gasteiger partial charge on any atom is -0.389 e. The maximum atomic E-state index is 10.6. The summed E-state index contributed by atoms with van der Waals surface area (Å²) in [5, 5.41) is 14.3. The molecule has 0 amide bonds. The van der Waals surface area contributed by atoms with Crippen LogP contribution in [0.2, 0.25) is 0 Å². The zero-order chi connectivity index (χ0) is 13.8. The van der Waals surface area contributed by atoms with E-state index in [0.717, 1.165) is 36.6 Å². The van der Waals surface area contributed by atoms with E-state index >= 15 is 0 Å². The van der Waals surface area contributed by atoms with Gasteiger partial charge in [0.2, 0.25) is 0 Å². The first-order valence-electron chi connectivity index (χ1n) is 7.46. The van der Waals surface area contributed by atoms with Crippen molar-refractivity contribution in [3.05, 3.63) is 35.4 Å². The molecule has 0 aliphatic carbocycles. The molecule has 2 heterocycles. The monoisotopic (exact) mass is 309 g/mol. The van der Waals surface area contributed by atoms with Crippen LogP contribution in [0.4, 0.5) is 0 Å². The van der Waals surface area contributed by atoms with Gasteiger partial charge in [-0.15, -0.1) is 0 Å². The van der Waals surface area contributed by atoms with Crippen LogP contribution in [0.25, 0.3) is 0 Å². The minimum absolute atomic E-state index is 0.386. The van der Waals surface area contributed by atoms with Crippen LogP contribution in [0.1, 0.15) is 30.0 Å². The van der Waals surface area contributed by atoms with Crippen LogP contribution >= 0.6 is 23.5 Å². The van der Waals surface area contributed by atoms with E-state index in [1.165, 1.54) is 23.3 Å². The molecule has 1 unspecified atom stereocenters. The summed E-state index contributed by atoms with van der Waals surface area (Å²) in [6.07, 6.45) is 3.01. The smallest absolute Gasteiger partial charge is 0.0787 e. The fourth-order valence-electron chi connectivity index (χ4n) is 2.99. The van der Waals surface area contributed by atoms with Crippen LogP contribution in [-0.4, -0.2) is 40.3 Å². The number of rotatable bonds is 3. The number of nitrogens with one attached hydrogen (secondary N) is 1. The normalized spacial score (nSPS) is 25.8. The van der Waals surface area contributed by atoms with Gasteiger partial charge in [0.05, 0.1) is 5.60 Å². The Kier molecular flexibility index (Phi) is 4.97. The number of hydrogen-bond acceptors (Lipinski definition) is 4. The van der Waals surface area contributed by atoms with E-state index in [9.17, 15) is 5.11 Å². The summed E-state index contributed by atoms with van der Waals surface area (Å²) >= 11 is 3.98. The van der Waals surface area contributed by atoms with E-state index in [-0.39, 0.29) is 0 Å². The molecule has 1 aromatic rings. The molecule has 2 aliphatic heterocycles. The van der Waals surface area contributed by atoms with Crippen molar-refractivity contribution in [1.29, 1.82) is 0 Å². The Bertz CT molecular complexity index is 446. The van der Waals surface area contributed by atoms with Gasteiger partial charge in [-0.25, -0.2) is 0 Å². The third-order valence-corrected chi connectivity index (χ3v) is 6.38. The van der Waals surface area contributed by atoms with Gasteiger partial charge >= 0.3 is 0 Å². The number of hydrogen-bond donors (Lipinski definition) is 2. The highest BCUT2D eigenvalue weighted by atomic mass is 32.2. The summed E-state index contributed by atoms with van der Waals surface area (Å²) in [7, 11) is 0. The lowest BCUT2D eigenvalue weighted by Crippen LogP contribution is -2.45. The molecular weight excluding hydrogens is 286 g/mol. The summed E-state index contributed by atoms with van der Waals surface area (Å²) in [6, 6.07) is 9.16. The lowest BCUT2D eigenvalue weighted by molar-refractivity contribution is 0.0302. The number of benzene rings is 1. The molecule has 0 spiro atoms. The van der Waals surface area contributed by atoms with Crippen molar-refractivity contribution in [3.8, 4) is 0 Å². The van der Waals surface area contributed by atoms with Crippen LogP contribution in [0.15, 0.2) is 24.3 Å². The Balaban J connectivity index is 1.67. The number of aliphatic hydroxyl groups is 1. The van der Waals surface area contributed by atoms with Crippen LogP contribution in [0, 0.1) is 0 Å². The lowest BCUT2D eigenvalue weighted by Gasteiger charge is -2.33. The molecule has 110 valence electrons. The second kappa shape index (κ2) is 6.73. The molecule has 2 aliphatic rings. The Morgan fingerprint density at radius 1 is 1.15 bits per heavy atom. The molecule has 1 fully saturated rings. The Hall–Kier alpha value is -0.160. The molecule has 2 nitrogen and oxygen atoms in total. The molecule has 1 atom stereocenters. The van der Waals surface area contributed by atoms with Crippen molar-refractivity contribution in [3.63, 3.8) is 0 Å². The van der Waals surface area contributed by atoms with E-state index in [1.807, 2.05) is 23.5 Å². The van der Waals surface area contributed by atoms with Gasteiger partial charge in [-0.05, 0) is 47.6 Å². The van der Waals surface area contributed by atoms with Crippen molar-refractivity contribution in [2.75, 3.05) is 29.6 Å². The van der Waals surface area contributed by atoms with Gasteiger partial charge in [0.25, 0.3) is 0 Å². The van der Waals surface area contributed by atoms with E-state index in [1.54, 1.807) is 0 Å². The zero-order valence-electron chi connectivity index (χ0n) is 11.8. The fraction of sp³-hybridized carbons (Fsp3) is 0.625. The topological polar surface area (TPSA) is 32.3 Å². The van der Waals surface area contributed by atoms with Gasteiger partial charge in [-0.1, -0.05) is 24.3 Å². The molecule has 2 N–H and O–H groups in total. The van der Waals surface area contributed by atoms with Gasteiger partial charge in [0.15, 0.2) is 0 Å². The molecule has 0 aromatic heterocycles. The zero-order valence-corrected chi connectivity index (χ0v) is 13.4. The van der Waals surface area contributed by atoms with Crippen molar-refractivity contribution < 1.29 is 5.11 Å². The van der Waals surface area contributed by atoms with E-state index in [4.69, 9.17) is 0 Å². The largest absolute Gasteiger partial charge is 0.389 e. The molecular formula is C16H23NOS2. The maximum Gasteiger partial charge on any atom is 0.0787 e. The second-order valence-electron chi connectivity index (χ2n) is 5.79. The summed E-state index contributed by atoms with van der Waals surface area (Å²) in [5.74, 6) is 4.50. The standard InChI is InChI=1S/C16H23NOS2/c18-16(6-9-19-10-7-16)12-17-15-11-20-8-5-13-3-1-2-4-14(13)15/h1-4,15,17-18H,5-12H2. The van der Waals surface area contributed by atoms with Crippen molar-refractivity contribution in [2.45, 2.75) is 30.9 Å². The molecule has 0 saturated carbocycles. The van der Waals surface area contributed by atoms with Crippen molar-refractivity contribution in [2.24, 2.45) is 0 Å².